The number of nitrogens with zero attached hydrogens (tertiary/aromatic N) is 2. The van der Waals surface area contributed by atoms with Crippen LogP contribution in [0.1, 0.15) is 63.8 Å². The Labute approximate surface area is 128 Å². The minimum Gasteiger partial charge on any atom is -0.473 e. The first-order valence-corrected chi connectivity index (χ1v) is 8.32. The van der Waals surface area contributed by atoms with Gasteiger partial charge in [-0.1, -0.05) is 27.7 Å². The van der Waals surface area contributed by atoms with Crippen LogP contribution in [0.25, 0.3) is 0 Å². The van der Waals surface area contributed by atoms with E-state index in [1.54, 1.807) is 0 Å². The van der Waals surface area contributed by atoms with E-state index in [-0.39, 0.29) is 6.10 Å². The van der Waals surface area contributed by atoms with E-state index in [1.807, 2.05) is 0 Å². The summed E-state index contributed by atoms with van der Waals surface area (Å²) in [7, 11) is 0. The van der Waals surface area contributed by atoms with Gasteiger partial charge in [0.1, 0.15) is 6.10 Å². The second-order valence-electron chi connectivity index (χ2n) is 6.48. The zero-order valence-corrected chi connectivity index (χ0v) is 13.9. The molecule has 118 valence electrons. The van der Waals surface area contributed by atoms with Gasteiger partial charge < -0.3 is 10.5 Å². The van der Waals surface area contributed by atoms with Crippen molar-refractivity contribution in [1.29, 1.82) is 0 Å². The molecule has 2 atom stereocenters. The SMILES string of the molecule is CCc1nnc(OC2CC(C)CC(C)C2)c(CN)c1CC. The van der Waals surface area contributed by atoms with E-state index >= 15 is 0 Å². The summed E-state index contributed by atoms with van der Waals surface area (Å²) < 4.78 is 6.21. The first-order chi connectivity index (χ1) is 10.1. The minimum absolute atomic E-state index is 0.250. The highest BCUT2D eigenvalue weighted by Gasteiger charge is 2.27. The highest BCUT2D eigenvalue weighted by atomic mass is 16.5. The molecule has 0 bridgehead atoms. The summed E-state index contributed by atoms with van der Waals surface area (Å²) in [5.74, 6) is 2.10. The van der Waals surface area contributed by atoms with Gasteiger partial charge in [-0.15, -0.1) is 5.10 Å². The third-order valence-corrected chi connectivity index (χ3v) is 4.54. The molecule has 1 heterocycles. The molecule has 1 aromatic rings. The van der Waals surface area contributed by atoms with Crippen LogP contribution in [0.2, 0.25) is 0 Å². The van der Waals surface area contributed by atoms with E-state index in [4.69, 9.17) is 10.5 Å². The van der Waals surface area contributed by atoms with E-state index in [1.165, 1.54) is 12.0 Å². The maximum absolute atomic E-state index is 6.21. The third-order valence-electron chi connectivity index (χ3n) is 4.54. The molecule has 2 rings (SSSR count). The van der Waals surface area contributed by atoms with Crippen LogP contribution in [0.5, 0.6) is 5.88 Å². The predicted octanol–water partition coefficient (Wildman–Crippen LogP) is 3.26. The third kappa shape index (κ3) is 3.73. The van der Waals surface area contributed by atoms with E-state index in [2.05, 4.69) is 37.9 Å². The van der Waals surface area contributed by atoms with Gasteiger partial charge in [0, 0.05) is 12.1 Å². The maximum atomic E-state index is 6.21. The van der Waals surface area contributed by atoms with Gasteiger partial charge in [0.05, 0.1) is 5.69 Å². The van der Waals surface area contributed by atoms with E-state index in [9.17, 15) is 0 Å². The Morgan fingerprint density at radius 3 is 2.19 bits per heavy atom. The Bertz CT molecular complexity index is 465. The molecular weight excluding hydrogens is 262 g/mol. The van der Waals surface area contributed by atoms with Crippen molar-refractivity contribution in [2.75, 3.05) is 0 Å². The van der Waals surface area contributed by atoms with Crippen LogP contribution >= 0.6 is 0 Å². The molecule has 0 aromatic carbocycles. The van der Waals surface area contributed by atoms with Crippen LogP contribution in [0.4, 0.5) is 0 Å². The zero-order valence-electron chi connectivity index (χ0n) is 13.9. The summed E-state index contributed by atoms with van der Waals surface area (Å²) in [5.41, 5.74) is 9.29. The van der Waals surface area contributed by atoms with Gasteiger partial charge in [-0.25, -0.2) is 0 Å². The monoisotopic (exact) mass is 291 g/mol. The summed E-state index contributed by atoms with van der Waals surface area (Å²) in [5, 5.41) is 8.67. The largest absolute Gasteiger partial charge is 0.473 e. The van der Waals surface area contributed by atoms with Crippen molar-refractivity contribution in [2.45, 2.75) is 72.4 Å². The number of aryl methyl sites for hydroxylation is 1. The van der Waals surface area contributed by atoms with E-state index in [0.29, 0.717) is 24.3 Å². The molecule has 2 unspecified atom stereocenters. The zero-order chi connectivity index (χ0) is 15.4. The lowest BCUT2D eigenvalue weighted by Gasteiger charge is -2.31. The van der Waals surface area contributed by atoms with Crippen molar-refractivity contribution in [3.05, 3.63) is 16.8 Å². The Hall–Kier alpha value is -1.16. The lowest BCUT2D eigenvalue weighted by Crippen LogP contribution is -2.29. The van der Waals surface area contributed by atoms with Crippen LogP contribution in [-0.4, -0.2) is 16.3 Å². The smallest absolute Gasteiger partial charge is 0.238 e. The van der Waals surface area contributed by atoms with Gasteiger partial charge in [0.25, 0.3) is 0 Å². The molecule has 1 saturated carbocycles. The summed E-state index contributed by atoms with van der Waals surface area (Å²) in [6.07, 6.45) is 5.57. The maximum Gasteiger partial charge on any atom is 0.238 e. The van der Waals surface area contributed by atoms with Gasteiger partial charge in [-0.3, -0.25) is 0 Å². The molecule has 21 heavy (non-hydrogen) atoms. The van der Waals surface area contributed by atoms with Crippen molar-refractivity contribution >= 4 is 0 Å². The highest BCUT2D eigenvalue weighted by Crippen LogP contribution is 2.32. The first-order valence-electron chi connectivity index (χ1n) is 8.32. The summed E-state index contributed by atoms with van der Waals surface area (Å²) in [6.45, 7) is 9.33. The standard InChI is InChI=1S/C17H29N3O/c1-5-14-15(10-18)17(20-19-16(14)6-2)21-13-8-11(3)7-12(4)9-13/h11-13H,5-10,18H2,1-4H3. The molecule has 1 aliphatic rings. The fourth-order valence-electron chi connectivity index (χ4n) is 3.66. The fraction of sp³-hybridized carbons (Fsp3) is 0.765. The molecule has 0 amide bonds. The number of rotatable bonds is 5. The predicted molar refractivity (Wildman–Crippen MR) is 85.3 cm³/mol. The molecule has 0 aliphatic heterocycles. The molecule has 4 heteroatoms. The Morgan fingerprint density at radius 2 is 1.67 bits per heavy atom. The van der Waals surface area contributed by atoms with Crippen LogP contribution < -0.4 is 10.5 Å². The van der Waals surface area contributed by atoms with Gasteiger partial charge in [-0.2, -0.15) is 5.10 Å². The van der Waals surface area contributed by atoms with E-state index in [0.717, 1.165) is 36.9 Å². The Balaban J connectivity index is 2.23. The van der Waals surface area contributed by atoms with E-state index < -0.39 is 0 Å². The Morgan fingerprint density at radius 1 is 1.00 bits per heavy atom. The van der Waals surface area contributed by atoms with Gasteiger partial charge in [-0.05, 0) is 49.5 Å². The number of hydrogen-bond donors (Lipinski definition) is 1. The Kier molecular flexibility index (Phi) is 5.57. The van der Waals surface area contributed by atoms with Crippen LogP contribution in [0.3, 0.4) is 0 Å². The summed E-state index contributed by atoms with van der Waals surface area (Å²) >= 11 is 0. The van der Waals surface area contributed by atoms with Crippen molar-refractivity contribution in [3.63, 3.8) is 0 Å². The van der Waals surface area contributed by atoms with Crippen molar-refractivity contribution in [1.82, 2.24) is 10.2 Å². The normalized spacial score (nSPS) is 25.9. The average Bonchev–Trinajstić information content (AvgIpc) is 2.45. The molecule has 1 aliphatic carbocycles. The molecule has 1 aromatic heterocycles. The quantitative estimate of drug-likeness (QED) is 0.904. The van der Waals surface area contributed by atoms with Gasteiger partial charge >= 0.3 is 0 Å². The molecule has 0 spiro atoms. The van der Waals surface area contributed by atoms with Gasteiger partial charge in [0.15, 0.2) is 0 Å². The van der Waals surface area contributed by atoms with Crippen LogP contribution in [0.15, 0.2) is 0 Å². The number of aromatic nitrogens is 2. The van der Waals surface area contributed by atoms with Crippen LogP contribution in [-0.2, 0) is 19.4 Å². The molecule has 0 radical (unpaired) electrons. The average molecular weight is 291 g/mol. The molecule has 1 fully saturated rings. The van der Waals surface area contributed by atoms with Crippen molar-refractivity contribution in [3.8, 4) is 5.88 Å². The molecule has 4 nitrogen and oxygen atoms in total. The number of hydrogen-bond acceptors (Lipinski definition) is 4. The second kappa shape index (κ2) is 7.21. The number of ether oxygens (including phenoxy) is 1. The lowest BCUT2D eigenvalue weighted by molar-refractivity contribution is 0.0944. The topological polar surface area (TPSA) is 61.0 Å². The van der Waals surface area contributed by atoms with Crippen molar-refractivity contribution < 1.29 is 4.74 Å². The van der Waals surface area contributed by atoms with Crippen molar-refractivity contribution in [2.24, 2.45) is 17.6 Å². The summed E-state index contributed by atoms with van der Waals surface area (Å²) in [6, 6.07) is 0. The molecule has 2 N–H and O–H groups in total. The number of nitrogens with two attached hydrogens (primary N) is 1. The fourth-order valence-corrected chi connectivity index (χ4v) is 3.66. The van der Waals surface area contributed by atoms with Gasteiger partial charge in [0.2, 0.25) is 5.88 Å². The summed E-state index contributed by atoms with van der Waals surface area (Å²) in [4.78, 5) is 0. The lowest BCUT2D eigenvalue weighted by atomic mass is 9.82. The molecular formula is C17H29N3O. The molecule has 0 saturated heterocycles. The first kappa shape index (κ1) is 16.2. The second-order valence-corrected chi connectivity index (χ2v) is 6.48. The van der Waals surface area contributed by atoms with Crippen LogP contribution in [0, 0.1) is 11.8 Å². The highest BCUT2D eigenvalue weighted by molar-refractivity contribution is 5.37. The minimum atomic E-state index is 0.250.